The lowest BCUT2D eigenvalue weighted by molar-refractivity contribution is -0.141. The Labute approximate surface area is 102 Å². The van der Waals surface area contributed by atoms with E-state index in [0.29, 0.717) is 6.54 Å². The van der Waals surface area contributed by atoms with E-state index < -0.39 is 11.9 Å². The number of rotatable bonds is 3. The molecule has 0 aromatic carbocycles. The summed E-state index contributed by atoms with van der Waals surface area (Å²) < 4.78 is 37.3. The van der Waals surface area contributed by atoms with Gasteiger partial charge in [0.05, 0.1) is 0 Å². The summed E-state index contributed by atoms with van der Waals surface area (Å²) in [5, 5.41) is 2.83. The molecule has 18 heavy (non-hydrogen) atoms. The van der Waals surface area contributed by atoms with Crippen molar-refractivity contribution in [2.75, 3.05) is 5.32 Å². The van der Waals surface area contributed by atoms with Crippen LogP contribution in [0.15, 0.2) is 42.7 Å². The Bertz CT molecular complexity index is 511. The van der Waals surface area contributed by atoms with Crippen molar-refractivity contribution in [2.24, 2.45) is 0 Å². The maximum absolute atomic E-state index is 12.4. The third-order valence-corrected chi connectivity index (χ3v) is 2.26. The van der Waals surface area contributed by atoms with Crippen molar-refractivity contribution < 1.29 is 13.2 Å². The van der Waals surface area contributed by atoms with Gasteiger partial charge >= 0.3 is 6.18 Å². The van der Waals surface area contributed by atoms with E-state index in [-0.39, 0.29) is 5.82 Å². The van der Waals surface area contributed by atoms with Crippen molar-refractivity contribution in [1.82, 2.24) is 9.97 Å². The van der Waals surface area contributed by atoms with Crippen molar-refractivity contribution in [3.8, 4) is 0 Å². The lowest BCUT2D eigenvalue weighted by Gasteiger charge is -2.09. The number of nitrogens with zero attached hydrogens (tertiary/aromatic N) is 2. The van der Waals surface area contributed by atoms with Crippen LogP contribution in [0, 0.1) is 0 Å². The molecule has 2 rings (SSSR count). The van der Waals surface area contributed by atoms with Gasteiger partial charge in [-0.2, -0.15) is 13.2 Å². The van der Waals surface area contributed by atoms with Crippen LogP contribution in [0.25, 0.3) is 0 Å². The summed E-state index contributed by atoms with van der Waals surface area (Å²) in [5.74, 6) is 0.196. The molecule has 3 nitrogen and oxygen atoms in total. The number of hydrogen-bond donors (Lipinski definition) is 1. The van der Waals surface area contributed by atoms with E-state index in [2.05, 4.69) is 15.3 Å². The predicted molar refractivity (Wildman–Crippen MR) is 60.8 cm³/mol. The van der Waals surface area contributed by atoms with Crippen molar-refractivity contribution in [2.45, 2.75) is 12.7 Å². The third-order valence-electron chi connectivity index (χ3n) is 2.26. The van der Waals surface area contributed by atoms with Crippen LogP contribution in [-0.4, -0.2) is 9.97 Å². The molecule has 0 fully saturated rings. The summed E-state index contributed by atoms with van der Waals surface area (Å²) in [6, 6.07) is 7.32. The molecule has 0 atom stereocenters. The van der Waals surface area contributed by atoms with Gasteiger partial charge in [-0.15, -0.1) is 0 Å². The molecule has 0 saturated carbocycles. The molecular weight excluding hydrogens is 243 g/mol. The van der Waals surface area contributed by atoms with Crippen molar-refractivity contribution >= 4 is 5.82 Å². The van der Waals surface area contributed by atoms with E-state index in [9.17, 15) is 13.2 Å². The molecule has 0 unspecified atom stereocenters. The summed E-state index contributed by atoms with van der Waals surface area (Å²) >= 11 is 0. The number of alkyl halides is 3. The average Bonchev–Trinajstić information content (AvgIpc) is 2.37. The molecule has 0 aliphatic heterocycles. The third kappa shape index (κ3) is 3.19. The number of halogens is 3. The van der Waals surface area contributed by atoms with Crippen LogP contribution in [0.1, 0.15) is 11.3 Å². The van der Waals surface area contributed by atoms with Crippen LogP contribution >= 0.6 is 0 Å². The second-order valence-corrected chi connectivity index (χ2v) is 3.61. The standard InChI is InChI=1S/C12H10F3N3/c13-12(14,15)10-2-1-3-11(18-10)17-8-9-4-6-16-7-5-9/h1-7H,8H2,(H,17,18). The fourth-order valence-corrected chi connectivity index (χ4v) is 1.38. The average molecular weight is 253 g/mol. The monoisotopic (exact) mass is 253 g/mol. The lowest BCUT2D eigenvalue weighted by Crippen LogP contribution is -2.10. The summed E-state index contributed by atoms with van der Waals surface area (Å²) in [4.78, 5) is 7.36. The highest BCUT2D eigenvalue weighted by atomic mass is 19.4. The fourth-order valence-electron chi connectivity index (χ4n) is 1.38. The minimum Gasteiger partial charge on any atom is -0.366 e. The minimum absolute atomic E-state index is 0.196. The Morgan fingerprint density at radius 2 is 1.78 bits per heavy atom. The first-order valence-electron chi connectivity index (χ1n) is 5.23. The van der Waals surface area contributed by atoms with E-state index in [1.807, 2.05) is 0 Å². The first-order chi connectivity index (χ1) is 8.55. The second kappa shape index (κ2) is 5.03. The maximum atomic E-state index is 12.4. The largest absolute Gasteiger partial charge is 0.433 e. The van der Waals surface area contributed by atoms with Gasteiger partial charge in [0, 0.05) is 18.9 Å². The van der Waals surface area contributed by atoms with Crippen LogP contribution in [-0.2, 0) is 12.7 Å². The van der Waals surface area contributed by atoms with E-state index in [1.54, 1.807) is 24.5 Å². The SMILES string of the molecule is FC(F)(F)c1cccc(NCc2ccncc2)n1. The molecule has 0 aliphatic carbocycles. The lowest BCUT2D eigenvalue weighted by atomic mass is 10.2. The smallest absolute Gasteiger partial charge is 0.366 e. The molecular formula is C12H10F3N3. The summed E-state index contributed by atoms with van der Waals surface area (Å²) in [7, 11) is 0. The summed E-state index contributed by atoms with van der Waals surface area (Å²) in [6.07, 6.45) is -1.18. The molecule has 0 bridgehead atoms. The van der Waals surface area contributed by atoms with Gasteiger partial charge in [-0.3, -0.25) is 4.98 Å². The zero-order valence-corrected chi connectivity index (χ0v) is 9.28. The number of pyridine rings is 2. The Morgan fingerprint density at radius 1 is 1.06 bits per heavy atom. The Hall–Kier alpha value is -2.11. The van der Waals surface area contributed by atoms with Gasteiger partial charge in [0.25, 0.3) is 0 Å². The number of anilines is 1. The van der Waals surface area contributed by atoms with Gasteiger partial charge in [-0.1, -0.05) is 6.07 Å². The minimum atomic E-state index is -4.42. The van der Waals surface area contributed by atoms with Crippen LogP contribution < -0.4 is 5.32 Å². The van der Waals surface area contributed by atoms with E-state index >= 15 is 0 Å². The molecule has 1 N–H and O–H groups in total. The fraction of sp³-hybridized carbons (Fsp3) is 0.167. The molecule has 0 amide bonds. The highest BCUT2D eigenvalue weighted by molar-refractivity contribution is 5.36. The highest BCUT2D eigenvalue weighted by Gasteiger charge is 2.32. The molecule has 0 spiro atoms. The van der Waals surface area contributed by atoms with Gasteiger partial charge in [0.2, 0.25) is 0 Å². The Kier molecular flexibility index (Phi) is 3.45. The van der Waals surface area contributed by atoms with Crippen molar-refractivity contribution in [1.29, 1.82) is 0 Å². The molecule has 6 heteroatoms. The van der Waals surface area contributed by atoms with Crippen LogP contribution in [0.5, 0.6) is 0 Å². The molecule has 2 aromatic rings. The molecule has 2 aromatic heterocycles. The molecule has 0 radical (unpaired) electrons. The first kappa shape index (κ1) is 12.3. The summed E-state index contributed by atoms with van der Waals surface area (Å²) in [6.45, 7) is 0.400. The van der Waals surface area contributed by atoms with Gasteiger partial charge in [-0.05, 0) is 29.8 Å². The number of nitrogens with one attached hydrogen (secondary N) is 1. The van der Waals surface area contributed by atoms with Crippen LogP contribution in [0.3, 0.4) is 0 Å². The zero-order chi connectivity index (χ0) is 13.0. The van der Waals surface area contributed by atoms with Gasteiger partial charge in [0.1, 0.15) is 11.5 Å². The Morgan fingerprint density at radius 3 is 2.44 bits per heavy atom. The summed E-state index contributed by atoms with van der Waals surface area (Å²) in [5.41, 5.74) is 0.0199. The zero-order valence-electron chi connectivity index (χ0n) is 9.28. The van der Waals surface area contributed by atoms with Crippen molar-refractivity contribution in [3.05, 3.63) is 54.0 Å². The second-order valence-electron chi connectivity index (χ2n) is 3.61. The normalized spacial score (nSPS) is 11.3. The number of aromatic nitrogens is 2. The van der Waals surface area contributed by atoms with Crippen LogP contribution in [0.2, 0.25) is 0 Å². The van der Waals surface area contributed by atoms with Gasteiger partial charge in [0.15, 0.2) is 0 Å². The van der Waals surface area contributed by atoms with E-state index in [4.69, 9.17) is 0 Å². The Balaban J connectivity index is 2.06. The predicted octanol–water partition coefficient (Wildman–Crippen LogP) is 3.11. The van der Waals surface area contributed by atoms with E-state index in [1.165, 1.54) is 12.1 Å². The maximum Gasteiger partial charge on any atom is 0.433 e. The van der Waals surface area contributed by atoms with Gasteiger partial charge in [-0.25, -0.2) is 4.98 Å². The van der Waals surface area contributed by atoms with E-state index in [0.717, 1.165) is 11.6 Å². The molecule has 94 valence electrons. The van der Waals surface area contributed by atoms with Crippen LogP contribution in [0.4, 0.5) is 19.0 Å². The topological polar surface area (TPSA) is 37.8 Å². The highest BCUT2D eigenvalue weighted by Crippen LogP contribution is 2.28. The number of hydrogen-bond acceptors (Lipinski definition) is 3. The quantitative estimate of drug-likeness (QED) is 0.913. The molecule has 0 aliphatic rings. The van der Waals surface area contributed by atoms with Crippen molar-refractivity contribution in [3.63, 3.8) is 0 Å². The molecule has 0 saturated heterocycles. The molecule has 2 heterocycles. The first-order valence-corrected chi connectivity index (χ1v) is 5.23. The van der Waals surface area contributed by atoms with Gasteiger partial charge < -0.3 is 5.32 Å².